The van der Waals surface area contributed by atoms with Gasteiger partial charge in [-0.25, -0.2) is 0 Å². The summed E-state index contributed by atoms with van der Waals surface area (Å²) in [6.07, 6.45) is 6.24. The number of hydrogen-bond acceptors (Lipinski definition) is 3. The van der Waals surface area contributed by atoms with Crippen LogP contribution in [0.3, 0.4) is 0 Å². The van der Waals surface area contributed by atoms with Crippen LogP contribution >= 0.6 is 0 Å². The second-order valence-electron chi connectivity index (χ2n) is 5.81. The van der Waals surface area contributed by atoms with Crippen LogP contribution in [-0.2, 0) is 11.2 Å². The van der Waals surface area contributed by atoms with E-state index in [0.29, 0.717) is 12.6 Å². The summed E-state index contributed by atoms with van der Waals surface area (Å²) in [5, 5.41) is 3.54. The number of nitrogens with one attached hydrogen (secondary N) is 1. The zero-order valence-electron chi connectivity index (χ0n) is 12.4. The molecule has 3 rings (SSSR count). The Balaban J connectivity index is 1.58. The van der Waals surface area contributed by atoms with Crippen LogP contribution in [0.25, 0.3) is 0 Å². The van der Waals surface area contributed by atoms with E-state index < -0.39 is 0 Å². The number of hydrogen-bond donors (Lipinski definition) is 1. The predicted octanol–water partition coefficient (Wildman–Crippen LogP) is 3.23. The second kappa shape index (κ2) is 6.59. The molecular weight excluding hydrogens is 250 g/mol. The van der Waals surface area contributed by atoms with Gasteiger partial charge in [-0.15, -0.1) is 0 Å². The quantitative estimate of drug-likeness (QED) is 0.895. The van der Waals surface area contributed by atoms with Gasteiger partial charge in [-0.1, -0.05) is 13.0 Å². The Bertz CT molecular complexity index is 441. The zero-order valence-corrected chi connectivity index (χ0v) is 12.4. The molecule has 0 spiro atoms. The van der Waals surface area contributed by atoms with Crippen molar-refractivity contribution in [3.05, 3.63) is 29.3 Å². The average Bonchev–Trinajstić information content (AvgIpc) is 2.89. The molecule has 3 nitrogen and oxygen atoms in total. The maximum Gasteiger partial charge on any atom is 0.119 e. The van der Waals surface area contributed by atoms with E-state index in [1.165, 1.54) is 30.4 Å². The van der Waals surface area contributed by atoms with Crippen LogP contribution < -0.4 is 10.1 Å². The summed E-state index contributed by atoms with van der Waals surface area (Å²) in [5.41, 5.74) is 2.89. The first-order valence-corrected chi connectivity index (χ1v) is 7.97. The number of rotatable bonds is 5. The molecule has 2 atom stereocenters. The Morgan fingerprint density at radius 1 is 1.30 bits per heavy atom. The standard InChI is InChI=1S/C17H25NO2/c1-2-18-17-9-6-13-11-14(7-8-16(13)17)20-12-15-5-3-4-10-19-15/h7-8,11,15,17-18H,2-6,9-10,12H2,1H3. The number of aryl methyl sites for hydroxylation is 1. The van der Waals surface area contributed by atoms with Gasteiger partial charge in [-0.2, -0.15) is 0 Å². The van der Waals surface area contributed by atoms with E-state index in [4.69, 9.17) is 9.47 Å². The summed E-state index contributed by atoms with van der Waals surface area (Å²) in [6, 6.07) is 7.09. The molecular formula is C17H25NO2. The molecule has 2 unspecified atom stereocenters. The van der Waals surface area contributed by atoms with Gasteiger partial charge in [0, 0.05) is 12.6 Å². The van der Waals surface area contributed by atoms with Gasteiger partial charge in [0.1, 0.15) is 12.4 Å². The molecule has 1 heterocycles. The molecule has 1 aliphatic heterocycles. The van der Waals surface area contributed by atoms with E-state index in [2.05, 4.69) is 30.4 Å². The van der Waals surface area contributed by atoms with Crippen molar-refractivity contribution >= 4 is 0 Å². The van der Waals surface area contributed by atoms with Crippen LogP contribution in [-0.4, -0.2) is 25.9 Å². The fourth-order valence-corrected chi connectivity index (χ4v) is 3.27. The highest BCUT2D eigenvalue weighted by atomic mass is 16.5. The van der Waals surface area contributed by atoms with E-state index in [1.807, 2.05) is 0 Å². The first-order valence-electron chi connectivity index (χ1n) is 7.97. The fourth-order valence-electron chi connectivity index (χ4n) is 3.27. The van der Waals surface area contributed by atoms with Crippen molar-refractivity contribution < 1.29 is 9.47 Å². The largest absolute Gasteiger partial charge is 0.491 e. The highest BCUT2D eigenvalue weighted by Gasteiger charge is 2.22. The highest BCUT2D eigenvalue weighted by Crippen LogP contribution is 2.33. The first-order chi connectivity index (χ1) is 9.86. The molecule has 0 aromatic heterocycles. The van der Waals surface area contributed by atoms with Crippen LogP contribution in [0.2, 0.25) is 0 Å². The van der Waals surface area contributed by atoms with Gasteiger partial charge in [-0.3, -0.25) is 0 Å². The lowest BCUT2D eigenvalue weighted by Crippen LogP contribution is -2.25. The average molecular weight is 275 g/mol. The molecule has 1 aromatic carbocycles. The lowest BCUT2D eigenvalue weighted by atomic mass is 10.1. The summed E-state index contributed by atoms with van der Waals surface area (Å²) in [5.74, 6) is 0.995. The van der Waals surface area contributed by atoms with Gasteiger partial charge in [0.25, 0.3) is 0 Å². The minimum atomic E-state index is 0.284. The summed E-state index contributed by atoms with van der Waals surface area (Å²) in [4.78, 5) is 0. The third kappa shape index (κ3) is 3.15. The van der Waals surface area contributed by atoms with Crippen molar-refractivity contribution in [2.45, 2.75) is 51.2 Å². The molecule has 0 radical (unpaired) electrons. The molecule has 1 aliphatic carbocycles. The second-order valence-corrected chi connectivity index (χ2v) is 5.81. The lowest BCUT2D eigenvalue weighted by molar-refractivity contribution is -0.0110. The van der Waals surface area contributed by atoms with E-state index in [9.17, 15) is 0 Å². The van der Waals surface area contributed by atoms with Crippen molar-refractivity contribution in [3.8, 4) is 5.75 Å². The third-order valence-corrected chi connectivity index (χ3v) is 4.35. The van der Waals surface area contributed by atoms with Gasteiger partial charge in [0.15, 0.2) is 0 Å². The monoisotopic (exact) mass is 275 g/mol. The summed E-state index contributed by atoms with van der Waals surface area (Å²) < 4.78 is 11.6. The molecule has 3 heteroatoms. The Morgan fingerprint density at radius 3 is 3.05 bits per heavy atom. The van der Waals surface area contributed by atoms with Crippen molar-refractivity contribution in [1.82, 2.24) is 5.32 Å². The summed E-state index contributed by atoms with van der Waals surface area (Å²) in [6.45, 7) is 4.78. The normalized spacial score (nSPS) is 25.4. The number of fused-ring (bicyclic) bond motifs is 1. The molecule has 2 aliphatic rings. The van der Waals surface area contributed by atoms with Gasteiger partial charge in [-0.05, 0) is 61.9 Å². The molecule has 1 N–H and O–H groups in total. The maximum atomic E-state index is 5.92. The van der Waals surface area contributed by atoms with E-state index >= 15 is 0 Å². The van der Waals surface area contributed by atoms with Gasteiger partial charge in [0.05, 0.1) is 6.10 Å². The zero-order chi connectivity index (χ0) is 13.8. The third-order valence-electron chi connectivity index (χ3n) is 4.35. The Morgan fingerprint density at radius 2 is 2.25 bits per heavy atom. The Kier molecular flexibility index (Phi) is 4.58. The maximum absolute atomic E-state index is 5.92. The summed E-state index contributed by atoms with van der Waals surface area (Å²) >= 11 is 0. The Labute approximate surface area is 121 Å². The van der Waals surface area contributed by atoms with Gasteiger partial charge >= 0.3 is 0 Å². The fraction of sp³-hybridized carbons (Fsp3) is 0.647. The van der Waals surface area contributed by atoms with Gasteiger partial charge in [0.2, 0.25) is 0 Å². The lowest BCUT2D eigenvalue weighted by Gasteiger charge is -2.22. The minimum Gasteiger partial charge on any atom is -0.491 e. The number of benzene rings is 1. The minimum absolute atomic E-state index is 0.284. The summed E-state index contributed by atoms with van der Waals surface area (Å²) in [7, 11) is 0. The molecule has 20 heavy (non-hydrogen) atoms. The van der Waals surface area contributed by atoms with E-state index in [-0.39, 0.29) is 6.10 Å². The highest BCUT2D eigenvalue weighted by molar-refractivity contribution is 5.40. The predicted molar refractivity (Wildman–Crippen MR) is 80.3 cm³/mol. The van der Waals surface area contributed by atoms with Crippen molar-refractivity contribution in [1.29, 1.82) is 0 Å². The van der Waals surface area contributed by atoms with Crippen LogP contribution in [0.1, 0.15) is 49.8 Å². The van der Waals surface area contributed by atoms with Crippen LogP contribution in [0, 0.1) is 0 Å². The molecule has 0 bridgehead atoms. The molecule has 0 saturated carbocycles. The SMILES string of the molecule is CCNC1CCc2cc(OCC3CCCCO3)ccc21. The van der Waals surface area contributed by atoms with E-state index in [1.54, 1.807) is 0 Å². The smallest absolute Gasteiger partial charge is 0.119 e. The first kappa shape index (κ1) is 13.9. The van der Waals surface area contributed by atoms with Gasteiger partial charge < -0.3 is 14.8 Å². The van der Waals surface area contributed by atoms with Crippen molar-refractivity contribution in [3.63, 3.8) is 0 Å². The van der Waals surface area contributed by atoms with Crippen molar-refractivity contribution in [2.24, 2.45) is 0 Å². The van der Waals surface area contributed by atoms with Crippen LogP contribution in [0.5, 0.6) is 5.75 Å². The molecule has 1 aromatic rings. The van der Waals surface area contributed by atoms with Crippen LogP contribution in [0.15, 0.2) is 18.2 Å². The molecule has 1 saturated heterocycles. The van der Waals surface area contributed by atoms with Crippen LogP contribution in [0.4, 0.5) is 0 Å². The van der Waals surface area contributed by atoms with E-state index in [0.717, 1.165) is 31.7 Å². The number of ether oxygens (including phenoxy) is 2. The molecule has 1 fully saturated rings. The molecule has 0 amide bonds. The Hall–Kier alpha value is -1.06. The van der Waals surface area contributed by atoms with Crippen molar-refractivity contribution in [2.75, 3.05) is 19.8 Å². The molecule has 110 valence electrons. The topological polar surface area (TPSA) is 30.5 Å².